The van der Waals surface area contributed by atoms with Crippen molar-refractivity contribution in [2.45, 2.75) is 85.7 Å². The lowest BCUT2D eigenvalue weighted by atomic mass is 9.98. The highest BCUT2D eigenvalue weighted by Gasteiger charge is 2.14. The first-order valence-corrected chi connectivity index (χ1v) is 10.9. The number of aromatic hydroxyl groups is 2. The highest BCUT2D eigenvalue weighted by molar-refractivity contribution is 5.46. The molecule has 3 N–H and O–H groups in total. The maximum atomic E-state index is 10.4. The summed E-state index contributed by atoms with van der Waals surface area (Å²) in [4.78, 5) is 0. The molecule has 3 nitrogen and oxygen atoms in total. The van der Waals surface area contributed by atoms with E-state index in [9.17, 15) is 15.3 Å². The Kier molecular flexibility index (Phi) is 10.7. The molecule has 0 aromatic heterocycles. The van der Waals surface area contributed by atoms with Crippen LogP contribution in [0.2, 0.25) is 0 Å². The van der Waals surface area contributed by atoms with Crippen LogP contribution in [0.25, 0.3) is 0 Å². The fourth-order valence-electron chi connectivity index (χ4n) is 3.24. The smallest absolute Gasteiger partial charge is 0.122 e. The van der Waals surface area contributed by atoms with Gasteiger partial charge in [0.05, 0.1) is 5.60 Å². The Labute approximate surface area is 183 Å². The average molecular weight is 413 g/mol. The van der Waals surface area contributed by atoms with E-state index in [1.54, 1.807) is 19.1 Å². The van der Waals surface area contributed by atoms with Gasteiger partial charge in [-0.05, 0) is 97.8 Å². The second-order valence-electron chi connectivity index (χ2n) is 8.90. The molecule has 0 bridgehead atoms. The molecule has 166 valence electrons. The number of rotatable bonds is 11. The molecule has 0 aliphatic heterocycles. The Balaban J connectivity index is 2.47. The lowest BCUT2D eigenvalue weighted by Crippen LogP contribution is -2.19. The monoisotopic (exact) mass is 412 g/mol. The van der Waals surface area contributed by atoms with E-state index in [0.29, 0.717) is 12.0 Å². The van der Waals surface area contributed by atoms with E-state index in [0.717, 1.165) is 37.7 Å². The molecule has 0 aliphatic rings. The molecule has 1 atom stereocenters. The number of phenols is 2. The van der Waals surface area contributed by atoms with Crippen molar-refractivity contribution in [1.82, 2.24) is 0 Å². The van der Waals surface area contributed by atoms with Crippen LogP contribution in [0.3, 0.4) is 0 Å². The SMILES string of the molecule is CC(C)=CCC[C@](C)(O)/C=C/C/C(C)=C/CC/C(C)=C/Cc1cc(O)cc(C)c1O. The quantitative estimate of drug-likeness (QED) is 0.269. The molecule has 0 amide bonds. The van der Waals surface area contributed by atoms with Crippen molar-refractivity contribution >= 4 is 0 Å². The summed E-state index contributed by atoms with van der Waals surface area (Å²) in [7, 11) is 0. The predicted molar refractivity (Wildman–Crippen MR) is 128 cm³/mol. The largest absolute Gasteiger partial charge is 0.508 e. The van der Waals surface area contributed by atoms with E-state index in [1.165, 1.54) is 16.7 Å². The molecule has 1 aromatic carbocycles. The molecule has 0 heterocycles. The Morgan fingerprint density at radius 1 is 0.967 bits per heavy atom. The highest BCUT2D eigenvalue weighted by Crippen LogP contribution is 2.28. The number of hydrogen-bond acceptors (Lipinski definition) is 3. The maximum Gasteiger partial charge on any atom is 0.122 e. The molecule has 0 fully saturated rings. The van der Waals surface area contributed by atoms with Crippen LogP contribution < -0.4 is 0 Å². The van der Waals surface area contributed by atoms with Gasteiger partial charge in [0.2, 0.25) is 0 Å². The molecule has 1 rings (SSSR count). The van der Waals surface area contributed by atoms with Crippen molar-refractivity contribution in [3.63, 3.8) is 0 Å². The van der Waals surface area contributed by atoms with E-state index in [2.05, 4.69) is 52.0 Å². The molecule has 0 saturated heterocycles. The zero-order valence-corrected chi connectivity index (χ0v) is 19.6. The molecule has 3 heteroatoms. The fraction of sp³-hybridized carbons (Fsp3) is 0.481. The van der Waals surface area contributed by atoms with Crippen molar-refractivity contribution in [3.8, 4) is 11.5 Å². The first kappa shape index (κ1) is 25.8. The Bertz CT molecular complexity index is 804. The van der Waals surface area contributed by atoms with Crippen molar-refractivity contribution in [2.75, 3.05) is 0 Å². The van der Waals surface area contributed by atoms with Gasteiger partial charge in [-0.1, -0.05) is 47.1 Å². The third-order valence-corrected chi connectivity index (χ3v) is 5.19. The molecule has 1 aromatic rings. The summed E-state index contributed by atoms with van der Waals surface area (Å²) < 4.78 is 0. The lowest BCUT2D eigenvalue weighted by Gasteiger charge is -2.18. The van der Waals surface area contributed by atoms with Crippen molar-refractivity contribution in [1.29, 1.82) is 0 Å². The van der Waals surface area contributed by atoms with Crippen molar-refractivity contribution in [3.05, 3.63) is 70.4 Å². The minimum Gasteiger partial charge on any atom is -0.508 e. The number of allylic oxidation sites excluding steroid dienone is 7. The Hall–Kier alpha value is -2.26. The molecule has 0 aliphatic carbocycles. The Morgan fingerprint density at radius 3 is 2.33 bits per heavy atom. The van der Waals surface area contributed by atoms with Crippen LogP contribution in [0.15, 0.2) is 59.2 Å². The summed E-state index contributed by atoms with van der Waals surface area (Å²) in [6.45, 7) is 12.0. The molecule has 0 unspecified atom stereocenters. The van der Waals surface area contributed by atoms with Gasteiger partial charge in [-0.15, -0.1) is 0 Å². The van der Waals surface area contributed by atoms with Gasteiger partial charge >= 0.3 is 0 Å². The zero-order chi connectivity index (χ0) is 22.7. The summed E-state index contributed by atoms with van der Waals surface area (Å²) in [6.07, 6.45) is 15.5. The molecule has 0 saturated carbocycles. The standard InChI is InChI=1S/C27H40O3/c1-20(2)10-8-16-27(6,30)17-9-13-21(3)11-7-12-22(4)14-15-24-19-25(28)18-23(5)26(24)29/h9-11,14,17-19,28-30H,7-8,12-13,15-16H2,1-6H3/b17-9+,21-11+,22-14+/t27-/m0/s1. The molecule has 0 radical (unpaired) electrons. The van der Waals surface area contributed by atoms with Gasteiger partial charge in [0.25, 0.3) is 0 Å². The second kappa shape index (κ2) is 12.4. The van der Waals surface area contributed by atoms with Gasteiger partial charge in [0.1, 0.15) is 11.5 Å². The van der Waals surface area contributed by atoms with Gasteiger partial charge < -0.3 is 15.3 Å². The fourth-order valence-corrected chi connectivity index (χ4v) is 3.24. The van der Waals surface area contributed by atoms with Crippen LogP contribution in [0.1, 0.15) is 77.8 Å². The minimum absolute atomic E-state index is 0.189. The third-order valence-electron chi connectivity index (χ3n) is 5.19. The van der Waals surface area contributed by atoms with Gasteiger partial charge in [0.15, 0.2) is 0 Å². The van der Waals surface area contributed by atoms with Crippen molar-refractivity contribution in [2.24, 2.45) is 0 Å². The first-order chi connectivity index (χ1) is 14.0. The van der Waals surface area contributed by atoms with Gasteiger partial charge in [-0.25, -0.2) is 0 Å². The molecule has 30 heavy (non-hydrogen) atoms. The van der Waals surface area contributed by atoms with Crippen LogP contribution in [0, 0.1) is 6.92 Å². The van der Waals surface area contributed by atoms with Crippen LogP contribution >= 0.6 is 0 Å². The minimum atomic E-state index is -0.763. The van der Waals surface area contributed by atoms with E-state index in [4.69, 9.17) is 0 Å². The van der Waals surface area contributed by atoms with Gasteiger partial charge in [0, 0.05) is 5.56 Å². The lowest BCUT2D eigenvalue weighted by molar-refractivity contribution is 0.103. The topological polar surface area (TPSA) is 60.7 Å². The van der Waals surface area contributed by atoms with E-state index >= 15 is 0 Å². The zero-order valence-electron chi connectivity index (χ0n) is 19.6. The molecular formula is C27H40O3. The summed E-state index contributed by atoms with van der Waals surface area (Å²) >= 11 is 0. The highest BCUT2D eigenvalue weighted by atomic mass is 16.3. The normalized spacial score (nSPS) is 14.8. The molecular weight excluding hydrogens is 372 g/mol. The van der Waals surface area contributed by atoms with Gasteiger partial charge in [-0.3, -0.25) is 0 Å². The van der Waals surface area contributed by atoms with Crippen molar-refractivity contribution < 1.29 is 15.3 Å². The van der Waals surface area contributed by atoms with Crippen LogP contribution in [0.4, 0.5) is 0 Å². The van der Waals surface area contributed by atoms with E-state index in [-0.39, 0.29) is 11.5 Å². The number of aliphatic hydroxyl groups is 1. The summed E-state index contributed by atoms with van der Waals surface area (Å²) in [5.41, 5.74) is 4.52. The van der Waals surface area contributed by atoms with E-state index in [1.807, 2.05) is 13.0 Å². The van der Waals surface area contributed by atoms with Gasteiger partial charge in [-0.2, -0.15) is 0 Å². The number of aryl methyl sites for hydroxylation is 1. The number of phenolic OH excluding ortho intramolecular Hbond substituents is 2. The van der Waals surface area contributed by atoms with Crippen LogP contribution in [0.5, 0.6) is 11.5 Å². The summed E-state index contributed by atoms with van der Waals surface area (Å²) in [5, 5.41) is 30.2. The summed E-state index contributed by atoms with van der Waals surface area (Å²) in [6, 6.07) is 3.19. The number of benzene rings is 1. The average Bonchev–Trinajstić information content (AvgIpc) is 2.62. The van der Waals surface area contributed by atoms with Crippen LogP contribution in [-0.2, 0) is 6.42 Å². The summed E-state index contributed by atoms with van der Waals surface area (Å²) in [5.74, 6) is 0.449. The first-order valence-electron chi connectivity index (χ1n) is 10.9. The molecule has 0 spiro atoms. The number of hydrogen-bond donors (Lipinski definition) is 3. The maximum absolute atomic E-state index is 10.4. The predicted octanol–water partition coefficient (Wildman–Crippen LogP) is 7.07. The third kappa shape index (κ3) is 10.5. The van der Waals surface area contributed by atoms with E-state index < -0.39 is 5.60 Å². The van der Waals surface area contributed by atoms with Crippen LogP contribution in [-0.4, -0.2) is 20.9 Å². The Morgan fingerprint density at radius 2 is 1.67 bits per heavy atom. The second-order valence-corrected chi connectivity index (χ2v) is 8.90.